The van der Waals surface area contributed by atoms with Crippen molar-refractivity contribution in [3.05, 3.63) is 0 Å². The summed E-state index contributed by atoms with van der Waals surface area (Å²) in [6, 6.07) is 1.21. The maximum absolute atomic E-state index is 3.76. The van der Waals surface area contributed by atoms with Gasteiger partial charge in [0.15, 0.2) is 0 Å². The van der Waals surface area contributed by atoms with E-state index in [1.807, 2.05) is 0 Å². The molecule has 0 spiro atoms. The fourth-order valence-corrected chi connectivity index (χ4v) is 6.09. The lowest BCUT2D eigenvalue weighted by molar-refractivity contribution is 0.146. The highest BCUT2D eigenvalue weighted by molar-refractivity contribution is 5.00. The van der Waals surface area contributed by atoms with Crippen molar-refractivity contribution in [3.8, 4) is 0 Å². The Morgan fingerprint density at radius 1 is 0.500 bits per heavy atom. The highest BCUT2D eigenvalue weighted by atomic mass is 15.1. The normalized spacial score (nSPS) is 26.0. The lowest BCUT2D eigenvalue weighted by atomic mass is 9.79. The third-order valence-electron chi connectivity index (χ3n) is 6.33. The fourth-order valence-electron chi connectivity index (χ4n) is 6.09. The summed E-state index contributed by atoms with van der Waals surface area (Å²) in [7, 11) is 0. The van der Waals surface area contributed by atoms with E-state index < -0.39 is 0 Å². The molecule has 2 aliphatic rings. The summed E-state index contributed by atoms with van der Waals surface area (Å²) in [5, 5.41) is 22.1. The van der Waals surface area contributed by atoms with E-state index in [4.69, 9.17) is 0 Å². The van der Waals surface area contributed by atoms with Crippen LogP contribution in [0.3, 0.4) is 0 Å². The Balaban J connectivity index is 1.46. The van der Waals surface area contributed by atoms with Gasteiger partial charge in [-0.3, -0.25) is 0 Å². The maximum Gasteiger partial charge on any atom is 0.0144 e. The van der Waals surface area contributed by atoms with Crippen LogP contribution in [-0.2, 0) is 0 Å². The van der Waals surface area contributed by atoms with E-state index in [2.05, 4.69) is 87.3 Å². The summed E-state index contributed by atoms with van der Waals surface area (Å²) in [6.07, 6.45) is 4.76. The van der Waals surface area contributed by atoms with Gasteiger partial charge in [0.25, 0.3) is 0 Å². The van der Waals surface area contributed by atoms with E-state index in [0.717, 1.165) is 39.3 Å². The number of hydrogen-bond donors (Lipinski definition) is 6. The molecular formula is C24H52N6. The molecule has 6 heteroatoms. The fraction of sp³-hybridized carbons (Fsp3) is 1.00. The van der Waals surface area contributed by atoms with Crippen LogP contribution < -0.4 is 31.9 Å². The summed E-state index contributed by atoms with van der Waals surface area (Å²) in [5.41, 5.74) is 0.851. The van der Waals surface area contributed by atoms with Gasteiger partial charge in [0.05, 0.1) is 0 Å². The standard InChI is InChI=1S/C24H52N6/c1-21(2)15-19(16-22(3,4)29-21)27-13-11-25-9-10-26-12-14-28-20-17-23(5,6)30-24(7,8)18-20/h19-20,25-30H,9-18H2,1-8H3. The lowest BCUT2D eigenvalue weighted by Gasteiger charge is -2.46. The molecule has 30 heavy (non-hydrogen) atoms. The minimum absolute atomic E-state index is 0.213. The van der Waals surface area contributed by atoms with Crippen LogP contribution >= 0.6 is 0 Å². The van der Waals surface area contributed by atoms with Crippen molar-refractivity contribution in [1.82, 2.24) is 31.9 Å². The van der Waals surface area contributed by atoms with E-state index in [-0.39, 0.29) is 22.2 Å². The monoisotopic (exact) mass is 424 g/mol. The Morgan fingerprint density at radius 3 is 1.07 bits per heavy atom. The third kappa shape index (κ3) is 9.92. The largest absolute Gasteiger partial charge is 0.314 e. The Morgan fingerprint density at radius 2 is 0.767 bits per heavy atom. The molecular weight excluding hydrogens is 372 g/mol. The molecule has 0 amide bonds. The van der Waals surface area contributed by atoms with Gasteiger partial charge in [0.2, 0.25) is 0 Å². The Bertz CT molecular complexity index is 436. The van der Waals surface area contributed by atoms with Crippen molar-refractivity contribution in [2.75, 3.05) is 39.3 Å². The molecule has 0 atom stereocenters. The van der Waals surface area contributed by atoms with Gasteiger partial charge in [-0.1, -0.05) is 0 Å². The molecule has 0 saturated carbocycles. The molecule has 2 saturated heterocycles. The molecule has 2 aliphatic heterocycles. The van der Waals surface area contributed by atoms with Crippen LogP contribution in [0.15, 0.2) is 0 Å². The van der Waals surface area contributed by atoms with Gasteiger partial charge < -0.3 is 31.9 Å². The third-order valence-corrected chi connectivity index (χ3v) is 6.33. The predicted molar refractivity (Wildman–Crippen MR) is 130 cm³/mol. The molecule has 0 unspecified atom stereocenters. The number of piperidine rings is 2. The molecule has 0 aromatic carbocycles. The zero-order chi connectivity index (χ0) is 22.5. The summed E-state index contributed by atoms with van der Waals surface area (Å²) in [4.78, 5) is 0. The van der Waals surface area contributed by atoms with Crippen LogP contribution in [0.25, 0.3) is 0 Å². The molecule has 2 rings (SSSR count). The molecule has 2 fully saturated rings. The second-order valence-corrected chi connectivity index (χ2v) is 12.4. The Hall–Kier alpha value is -0.240. The van der Waals surface area contributed by atoms with Gasteiger partial charge in [-0.15, -0.1) is 0 Å². The minimum atomic E-state index is 0.213. The zero-order valence-corrected chi connectivity index (χ0v) is 21.2. The van der Waals surface area contributed by atoms with Crippen molar-refractivity contribution in [3.63, 3.8) is 0 Å². The van der Waals surface area contributed by atoms with Crippen molar-refractivity contribution in [2.45, 2.75) is 115 Å². The summed E-state index contributed by atoms with van der Waals surface area (Å²) >= 11 is 0. The first-order chi connectivity index (χ1) is 13.8. The van der Waals surface area contributed by atoms with Gasteiger partial charge in [-0.05, 0) is 81.1 Å². The van der Waals surface area contributed by atoms with Crippen LogP contribution in [0.5, 0.6) is 0 Å². The molecule has 0 aliphatic carbocycles. The van der Waals surface area contributed by atoms with Gasteiger partial charge in [-0.2, -0.15) is 0 Å². The van der Waals surface area contributed by atoms with Gasteiger partial charge in [-0.25, -0.2) is 0 Å². The first-order valence-electron chi connectivity index (χ1n) is 12.2. The Kier molecular flexibility index (Phi) is 9.18. The van der Waals surface area contributed by atoms with E-state index in [1.165, 1.54) is 25.7 Å². The lowest BCUT2D eigenvalue weighted by Crippen LogP contribution is -2.62. The van der Waals surface area contributed by atoms with Crippen molar-refractivity contribution in [1.29, 1.82) is 0 Å². The van der Waals surface area contributed by atoms with E-state index in [0.29, 0.717) is 12.1 Å². The Labute approximate surface area is 186 Å². The summed E-state index contributed by atoms with van der Waals surface area (Å²) in [6.45, 7) is 24.7. The van der Waals surface area contributed by atoms with Crippen molar-refractivity contribution < 1.29 is 0 Å². The summed E-state index contributed by atoms with van der Waals surface area (Å²) in [5.74, 6) is 0. The second kappa shape index (κ2) is 10.6. The SMILES string of the molecule is CC1(C)CC(NCCNCCNCCNC2CC(C)(C)NC(C)(C)C2)CC(C)(C)N1. The number of rotatable bonds is 11. The van der Waals surface area contributed by atoms with Crippen LogP contribution in [0.1, 0.15) is 81.1 Å². The first kappa shape index (κ1) is 26.0. The van der Waals surface area contributed by atoms with Gasteiger partial charge in [0, 0.05) is 73.5 Å². The molecule has 0 aromatic heterocycles. The summed E-state index contributed by atoms with van der Waals surface area (Å²) < 4.78 is 0. The van der Waals surface area contributed by atoms with Crippen LogP contribution in [-0.4, -0.2) is 73.5 Å². The molecule has 6 nitrogen and oxygen atoms in total. The molecule has 0 bridgehead atoms. The van der Waals surface area contributed by atoms with E-state index >= 15 is 0 Å². The van der Waals surface area contributed by atoms with Crippen molar-refractivity contribution in [2.24, 2.45) is 0 Å². The molecule has 178 valence electrons. The van der Waals surface area contributed by atoms with Crippen LogP contribution in [0, 0.1) is 0 Å². The average molecular weight is 425 g/mol. The highest BCUT2D eigenvalue weighted by Gasteiger charge is 2.38. The molecule has 6 N–H and O–H groups in total. The highest BCUT2D eigenvalue weighted by Crippen LogP contribution is 2.29. The molecule has 0 aromatic rings. The number of hydrogen-bond acceptors (Lipinski definition) is 6. The topological polar surface area (TPSA) is 72.2 Å². The minimum Gasteiger partial charge on any atom is -0.314 e. The quantitative estimate of drug-likeness (QED) is 0.285. The number of nitrogens with one attached hydrogen (secondary N) is 6. The second-order valence-electron chi connectivity index (χ2n) is 12.4. The average Bonchev–Trinajstić information content (AvgIpc) is 2.50. The molecule has 2 heterocycles. The van der Waals surface area contributed by atoms with E-state index in [9.17, 15) is 0 Å². The zero-order valence-electron chi connectivity index (χ0n) is 21.2. The van der Waals surface area contributed by atoms with E-state index in [1.54, 1.807) is 0 Å². The smallest absolute Gasteiger partial charge is 0.0144 e. The predicted octanol–water partition coefficient (Wildman–Crippen LogP) is 1.96. The maximum atomic E-state index is 3.76. The molecule has 0 radical (unpaired) electrons. The van der Waals surface area contributed by atoms with Crippen LogP contribution in [0.2, 0.25) is 0 Å². The first-order valence-corrected chi connectivity index (χ1v) is 12.2. The van der Waals surface area contributed by atoms with Crippen molar-refractivity contribution >= 4 is 0 Å². The van der Waals surface area contributed by atoms with Gasteiger partial charge >= 0.3 is 0 Å². The van der Waals surface area contributed by atoms with Crippen LogP contribution in [0.4, 0.5) is 0 Å². The van der Waals surface area contributed by atoms with Gasteiger partial charge in [0.1, 0.15) is 0 Å².